The minimum absolute atomic E-state index is 0.0192. The van der Waals surface area contributed by atoms with Crippen molar-refractivity contribution in [2.24, 2.45) is 11.7 Å². The van der Waals surface area contributed by atoms with E-state index in [1.54, 1.807) is 14.2 Å². The van der Waals surface area contributed by atoms with Gasteiger partial charge in [0.25, 0.3) is 0 Å². The van der Waals surface area contributed by atoms with E-state index in [0.29, 0.717) is 81.6 Å². The van der Waals surface area contributed by atoms with Crippen molar-refractivity contribution in [3.05, 3.63) is 17.1 Å². The number of carbonyl (C=O) groups excluding carboxylic acids is 2. The second-order valence-electron chi connectivity index (χ2n) is 12.5. The second kappa shape index (κ2) is 20.0. The molecular formula is C35H60N6O7. The third-order valence-electron chi connectivity index (χ3n) is 9.35. The number of aromatic nitrogens is 2. The maximum atomic E-state index is 14.5. The summed E-state index contributed by atoms with van der Waals surface area (Å²) in [6, 6.07) is 0.189. The van der Waals surface area contributed by atoms with Crippen LogP contribution in [0.3, 0.4) is 0 Å². The van der Waals surface area contributed by atoms with Gasteiger partial charge < -0.3 is 44.1 Å². The lowest BCUT2D eigenvalue weighted by Crippen LogP contribution is -2.45. The zero-order chi connectivity index (χ0) is 35.1. The van der Waals surface area contributed by atoms with Crippen molar-refractivity contribution < 1.29 is 33.3 Å². The molecule has 0 bridgehead atoms. The van der Waals surface area contributed by atoms with Gasteiger partial charge in [0, 0.05) is 64.7 Å². The van der Waals surface area contributed by atoms with Gasteiger partial charge >= 0.3 is 0 Å². The summed E-state index contributed by atoms with van der Waals surface area (Å²) in [6.07, 6.45) is 8.14. The third kappa shape index (κ3) is 9.65. The largest absolute Gasteiger partial charge is 0.474 e. The van der Waals surface area contributed by atoms with Crippen molar-refractivity contribution >= 4 is 23.7 Å². The van der Waals surface area contributed by atoms with Gasteiger partial charge in [0.2, 0.25) is 23.9 Å². The molecule has 2 N–H and O–H groups in total. The Morgan fingerprint density at radius 3 is 2.44 bits per heavy atom. The van der Waals surface area contributed by atoms with Gasteiger partial charge in [-0.2, -0.15) is 4.98 Å². The molecule has 0 aromatic carbocycles. The Morgan fingerprint density at radius 2 is 1.81 bits per heavy atom. The molecule has 1 amide bonds. The highest BCUT2D eigenvalue weighted by Gasteiger charge is 2.48. The SMILES string of the molecule is CC.CCC/C(C(=O)c1nc(OC[C@@H]2CCCN2C)c(N(C=O)CCOC)c(N(C)CCCOC)n1)=C(/N)[C@H]1CCCCC12OCCO2. The highest BCUT2D eigenvalue weighted by molar-refractivity contribution is 6.07. The topological polar surface area (TPSA) is 142 Å². The van der Waals surface area contributed by atoms with E-state index in [1.807, 2.05) is 32.7 Å². The van der Waals surface area contributed by atoms with E-state index in [4.69, 9.17) is 39.4 Å². The lowest BCUT2D eigenvalue weighted by atomic mass is 9.79. The van der Waals surface area contributed by atoms with E-state index in [0.717, 1.165) is 51.5 Å². The summed E-state index contributed by atoms with van der Waals surface area (Å²) in [5, 5.41) is 0. The summed E-state index contributed by atoms with van der Waals surface area (Å²) >= 11 is 0. The molecule has 13 nitrogen and oxygen atoms in total. The fourth-order valence-corrected chi connectivity index (χ4v) is 6.77. The molecule has 0 unspecified atom stereocenters. The van der Waals surface area contributed by atoms with Crippen LogP contribution in [0.2, 0.25) is 0 Å². The number of carbonyl (C=O) groups is 2. The number of nitrogens with two attached hydrogens (primary N) is 1. The minimum atomic E-state index is -0.799. The van der Waals surface area contributed by atoms with Crippen molar-refractivity contribution in [2.75, 3.05) is 90.8 Å². The third-order valence-corrected chi connectivity index (χ3v) is 9.35. The fraction of sp³-hybridized carbons (Fsp3) is 0.771. The van der Waals surface area contributed by atoms with Crippen LogP contribution in [0.4, 0.5) is 11.5 Å². The summed E-state index contributed by atoms with van der Waals surface area (Å²) in [7, 11) is 7.18. The van der Waals surface area contributed by atoms with Crippen molar-refractivity contribution in [1.82, 2.24) is 14.9 Å². The van der Waals surface area contributed by atoms with Gasteiger partial charge in [-0.3, -0.25) is 9.59 Å². The van der Waals surface area contributed by atoms with E-state index >= 15 is 0 Å². The van der Waals surface area contributed by atoms with Gasteiger partial charge in [0.1, 0.15) is 12.3 Å². The van der Waals surface area contributed by atoms with E-state index in [1.165, 1.54) is 4.90 Å². The number of nitrogens with zero attached hydrogens (tertiary/aromatic N) is 5. The van der Waals surface area contributed by atoms with Crippen LogP contribution in [0.15, 0.2) is 11.3 Å². The van der Waals surface area contributed by atoms with Crippen LogP contribution < -0.4 is 20.3 Å². The van der Waals surface area contributed by atoms with E-state index in [9.17, 15) is 9.59 Å². The van der Waals surface area contributed by atoms with E-state index in [2.05, 4.69) is 11.9 Å². The highest BCUT2D eigenvalue weighted by atomic mass is 16.7. The highest BCUT2D eigenvalue weighted by Crippen LogP contribution is 2.44. The molecule has 3 fully saturated rings. The van der Waals surface area contributed by atoms with Gasteiger partial charge in [-0.25, -0.2) is 4.98 Å². The Labute approximate surface area is 287 Å². The number of allylic oxidation sites excluding steroid dienone is 1. The number of ketones is 1. The first-order valence-corrected chi connectivity index (χ1v) is 17.8. The maximum absolute atomic E-state index is 14.5. The summed E-state index contributed by atoms with van der Waals surface area (Å²) in [6.45, 7) is 10.0. The lowest BCUT2D eigenvalue weighted by molar-refractivity contribution is -0.203. The van der Waals surface area contributed by atoms with Crippen LogP contribution in [0.5, 0.6) is 5.88 Å². The number of likely N-dealkylation sites (N-methyl/N-ethyl adjacent to an activating group) is 1. The molecule has 0 radical (unpaired) electrons. The van der Waals surface area contributed by atoms with Gasteiger partial charge in [0.15, 0.2) is 11.6 Å². The fourth-order valence-electron chi connectivity index (χ4n) is 6.77. The predicted molar refractivity (Wildman–Crippen MR) is 187 cm³/mol. The average Bonchev–Trinajstić information content (AvgIpc) is 3.75. The standard InChI is InChI=1S/C33H54N6O7.C2H6/c1-6-11-25(27(34)26-13-7-8-14-33(26)45-20-21-46-33)29(41)30-35-31(38(3)16-10-18-42-4)28(39(23-40)17-19-43-5)32(36-30)44-22-24-12-9-15-37(24)2;1-2/h23-24,26H,6-22,34H2,1-5H3;1-2H3/b27-25-;/t24-,26+;/m0./s1. The molecule has 3 aliphatic rings. The molecule has 13 heteroatoms. The maximum Gasteiger partial charge on any atom is 0.244 e. The van der Waals surface area contributed by atoms with Crippen LogP contribution in [0.25, 0.3) is 0 Å². The number of methoxy groups -OCH3 is 2. The number of Topliss-reactive ketones (excluding diaryl/α,β-unsaturated/α-hetero) is 1. The number of anilines is 2. The molecule has 1 spiro atoms. The van der Waals surface area contributed by atoms with Crippen LogP contribution in [-0.4, -0.2) is 120 Å². The molecule has 2 atom stereocenters. The number of amides is 1. The summed E-state index contributed by atoms with van der Waals surface area (Å²) in [4.78, 5) is 42.3. The smallest absolute Gasteiger partial charge is 0.244 e. The average molecular weight is 677 g/mol. The first-order valence-electron chi connectivity index (χ1n) is 17.8. The summed E-state index contributed by atoms with van der Waals surface area (Å²) in [5.74, 6) is -0.812. The lowest BCUT2D eigenvalue weighted by Gasteiger charge is -2.40. The van der Waals surface area contributed by atoms with Gasteiger partial charge in [-0.1, -0.05) is 33.6 Å². The molecule has 2 aliphatic heterocycles. The molecule has 1 saturated carbocycles. The van der Waals surface area contributed by atoms with Crippen molar-refractivity contribution in [1.29, 1.82) is 0 Å². The van der Waals surface area contributed by atoms with Gasteiger partial charge in [-0.05, 0) is 52.1 Å². The quantitative estimate of drug-likeness (QED) is 0.103. The molecule has 1 aromatic heterocycles. The Balaban J connectivity index is 0.00000307. The summed E-state index contributed by atoms with van der Waals surface area (Å²) in [5.41, 5.74) is 8.27. The molecule has 2 saturated heterocycles. The predicted octanol–water partition coefficient (Wildman–Crippen LogP) is 4.19. The molecular weight excluding hydrogens is 616 g/mol. The van der Waals surface area contributed by atoms with E-state index in [-0.39, 0.29) is 36.0 Å². The molecule has 1 aromatic rings. The zero-order valence-corrected chi connectivity index (χ0v) is 30.4. The van der Waals surface area contributed by atoms with Gasteiger partial charge in [0.05, 0.1) is 25.7 Å². The number of rotatable bonds is 18. The van der Waals surface area contributed by atoms with E-state index < -0.39 is 5.79 Å². The van der Waals surface area contributed by atoms with Crippen molar-refractivity contribution in [3.63, 3.8) is 0 Å². The van der Waals surface area contributed by atoms with Crippen LogP contribution in [0.1, 0.15) is 89.2 Å². The Bertz CT molecular complexity index is 1190. The van der Waals surface area contributed by atoms with Crippen molar-refractivity contribution in [2.45, 2.75) is 90.4 Å². The first-order chi connectivity index (χ1) is 23.3. The first kappa shape index (κ1) is 39.6. The minimum Gasteiger partial charge on any atom is -0.474 e. The zero-order valence-electron chi connectivity index (χ0n) is 30.4. The molecule has 4 rings (SSSR count). The number of hydrogen-bond acceptors (Lipinski definition) is 12. The Kier molecular flexibility index (Phi) is 16.5. The van der Waals surface area contributed by atoms with Gasteiger partial charge in [-0.15, -0.1) is 0 Å². The molecule has 3 heterocycles. The van der Waals surface area contributed by atoms with Crippen LogP contribution in [-0.2, 0) is 23.7 Å². The second-order valence-corrected chi connectivity index (χ2v) is 12.5. The molecule has 272 valence electrons. The Hall–Kier alpha value is -2.84. The molecule has 1 aliphatic carbocycles. The number of hydrogen-bond donors (Lipinski definition) is 1. The van der Waals surface area contributed by atoms with Crippen LogP contribution in [0, 0.1) is 5.92 Å². The number of likely N-dealkylation sites (tertiary alicyclic amines) is 1. The normalized spacial score (nSPS) is 21.0. The van der Waals surface area contributed by atoms with Crippen LogP contribution >= 0.6 is 0 Å². The summed E-state index contributed by atoms with van der Waals surface area (Å²) < 4.78 is 29.3. The molecule has 48 heavy (non-hydrogen) atoms. The monoisotopic (exact) mass is 676 g/mol. The Morgan fingerprint density at radius 1 is 1.08 bits per heavy atom. The number of ether oxygens (including phenoxy) is 5. The van der Waals surface area contributed by atoms with Crippen molar-refractivity contribution in [3.8, 4) is 5.88 Å².